The third-order valence-corrected chi connectivity index (χ3v) is 12.5. The number of nitrogens with zero attached hydrogens (tertiary/aromatic N) is 3. The van der Waals surface area contributed by atoms with Crippen molar-refractivity contribution in [3.05, 3.63) is 63.5 Å². The Morgan fingerprint density at radius 2 is 1.92 bits per heavy atom. The third-order valence-electron chi connectivity index (χ3n) is 7.57. The zero-order valence-corrected chi connectivity index (χ0v) is 24.8. The molecule has 1 N–H and O–H groups in total. The Bertz CT molecular complexity index is 1150. The Balaban J connectivity index is 1.69. The van der Waals surface area contributed by atoms with Crippen LogP contribution in [0.1, 0.15) is 30.7 Å². The lowest BCUT2D eigenvalue weighted by atomic mass is 9.86. The molecular formula is C27H36IN3O4Si. The van der Waals surface area contributed by atoms with Gasteiger partial charge in [0.1, 0.15) is 17.6 Å². The van der Waals surface area contributed by atoms with Gasteiger partial charge in [0.25, 0.3) is 0 Å². The van der Waals surface area contributed by atoms with Crippen molar-refractivity contribution in [1.82, 2.24) is 15.0 Å². The SMILES string of the molecule is COc1ccc([Si](C)(C)C(CCn2cc(CCO)nn2)[C@H]2Oc3ccc(I)cc3[C@@H](OC)[C@@H]2C)cc1. The van der Waals surface area contributed by atoms with Gasteiger partial charge in [0, 0.05) is 47.9 Å². The summed E-state index contributed by atoms with van der Waals surface area (Å²) in [5, 5.41) is 19.1. The summed E-state index contributed by atoms with van der Waals surface area (Å²) in [6.07, 6.45) is 3.32. The summed E-state index contributed by atoms with van der Waals surface area (Å²) in [5.74, 6) is 1.96. The number of benzene rings is 2. The molecule has 0 saturated heterocycles. The zero-order chi connectivity index (χ0) is 25.9. The summed E-state index contributed by atoms with van der Waals surface area (Å²) in [5.41, 5.74) is 2.23. The van der Waals surface area contributed by atoms with Gasteiger partial charge in [0.05, 0.1) is 27.0 Å². The summed E-state index contributed by atoms with van der Waals surface area (Å²) >= 11 is 2.35. The van der Waals surface area contributed by atoms with E-state index in [4.69, 9.17) is 14.2 Å². The number of fused-ring (bicyclic) bond motifs is 1. The molecule has 0 spiro atoms. The molecule has 1 aliphatic rings. The van der Waals surface area contributed by atoms with Gasteiger partial charge < -0.3 is 19.3 Å². The molecule has 1 aromatic heterocycles. The second-order valence-corrected chi connectivity index (χ2v) is 16.1. The molecule has 0 aliphatic carbocycles. The van der Waals surface area contributed by atoms with Crippen LogP contribution in [0.15, 0.2) is 48.7 Å². The van der Waals surface area contributed by atoms with Crippen molar-refractivity contribution in [2.45, 2.75) is 57.2 Å². The van der Waals surface area contributed by atoms with Crippen molar-refractivity contribution >= 4 is 35.9 Å². The number of aliphatic hydroxyl groups is 1. The van der Waals surface area contributed by atoms with Crippen LogP contribution in [0.5, 0.6) is 11.5 Å². The topological polar surface area (TPSA) is 78.6 Å². The summed E-state index contributed by atoms with van der Waals surface area (Å²) in [6.45, 7) is 7.92. The van der Waals surface area contributed by atoms with Crippen LogP contribution in [0, 0.1) is 9.49 Å². The van der Waals surface area contributed by atoms with Crippen molar-refractivity contribution in [3.63, 3.8) is 0 Å². The number of hydrogen-bond donors (Lipinski definition) is 1. The summed E-state index contributed by atoms with van der Waals surface area (Å²) < 4.78 is 21.4. The Hall–Kier alpha value is -1.95. The first-order valence-corrected chi connectivity index (χ1v) is 16.6. The van der Waals surface area contributed by atoms with Crippen LogP contribution in [0.2, 0.25) is 18.6 Å². The van der Waals surface area contributed by atoms with Crippen LogP contribution in [0.4, 0.5) is 0 Å². The average molecular weight is 622 g/mol. The number of aliphatic hydroxyl groups excluding tert-OH is 1. The molecule has 7 nitrogen and oxygen atoms in total. The van der Waals surface area contributed by atoms with E-state index in [-0.39, 0.29) is 30.3 Å². The highest BCUT2D eigenvalue weighted by Crippen LogP contribution is 2.47. The molecule has 0 saturated carbocycles. The minimum atomic E-state index is -2.05. The van der Waals surface area contributed by atoms with Gasteiger partial charge in [-0.1, -0.05) is 42.6 Å². The molecule has 1 aliphatic heterocycles. The second-order valence-electron chi connectivity index (χ2n) is 10.1. The van der Waals surface area contributed by atoms with E-state index in [1.54, 1.807) is 14.2 Å². The van der Waals surface area contributed by atoms with Crippen LogP contribution in [0.3, 0.4) is 0 Å². The van der Waals surface area contributed by atoms with E-state index in [0.29, 0.717) is 6.42 Å². The van der Waals surface area contributed by atoms with E-state index >= 15 is 0 Å². The molecule has 36 heavy (non-hydrogen) atoms. The minimum absolute atomic E-state index is 0.00767. The highest BCUT2D eigenvalue weighted by Gasteiger charge is 2.47. The van der Waals surface area contributed by atoms with Crippen molar-refractivity contribution in [2.75, 3.05) is 20.8 Å². The first-order valence-electron chi connectivity index (χ1n) is 12.4. The molecule has 4 atom stereocenters. The van der Waals surface area contributed by atoms with Gasteiger partial charge in [-0.05, 0) is 64.9 Å². The largest absolute Gasteiger partial charge is 0.497 e. The van der Waals surface area contributed by atoms with E-state index in [0.717, 1.165) is 35.7 Å². The van der Waals surface area contributed by atoms with Gasteiger partial charge in [0.2, 0.25) is 0 Å². The summed E-state index contributed by atoms with van der Waals surface area (Å²) in [4.78, 5) is 0. The molecule has 4 rings (SSSR count). The molecule has 3 aromatic rings. The highest BCUT2D eigenvalue weighted by molar-refractivity contribution is 14.1. The number of hydrogen-bond acceptors (Lipinski definition) is 6. The lowest BCUT2D eigenvalue weighted by Gasteiger charge is -2.46. The number of ether oxygens (including phenoxy) is 3. The van der Waals surface area contributed by atoms with E-state index in [2.05, 4.69) is 95.4 Å². The van der Waals surface area contributed by atoms with Gasteiger partial charge in [-0.15, -0.1) is 5.10 Å². The molecule has 9 heteroatoms. The summed E-state index contributed by atoms with van der Waals surface area (Å²) in [7, 11) is 1.45. The number of aryl methyl sites for hydroxylation is 1. The Labute approximate surface area is 228 Å². The molecule has 194 valence electrons. The van der Waals surface area contributed by atoms with Gasteiger partial charge in [0.15, 0.2) is 0 Å². The molecular weight excluding hydrogens is 585 g/mol. The van der Waals surface area contributed by atoms with Crippen molar-refractivity contribution in [2.24, 2.45) is 5.92 Å². The number of rotatable bonds is 10. The standard InChI is InChI=1S/C27H36IN3O4Si/c1-18-26(34-3)23-16-19(28)6-11-24(23)35-27(18)25(12-14-31-17-20(13-15-32)29-30-31)36(4,5)22-9-7-21(33-2)8-10-22/h6-11,16-18,25-27,32H,12-15H2,1-5H3/t18-,25?,26-,27-/m0/s1. The van der Waals surface area contributed by atoms with E-state index < -0.39 is 8.07 Å². The van der Waals surface area contributed by atoms with E-state index in [1.165, 1.54) is 8.76 Å². The molecule has 1 unspecified atom stereocenters. The molecule has 2 heterocycles. The predicted octanol–water partition coefficient (Wildman–Crippen LogP) is 4.59. The normalized spacial score (nSPS) is 20.5. The minimum Gasteiger partial charge on any atom is -0.497 e. The van der Waals surface area contributed by atoms with Crippen LogP contribution in [0.25, 0.3) is 0 Å². The highest BCUT2D eigenvalue weighted by atomic mass is 127. The van der Waals surface area contributed by atoms with Crippen LogP contribution in [-0.2, 0) is 17.7 Å². The molecule has 0 fully saturated rings. The third kappa shape index (κ3) is 5.63. The predicted molar refractivity (Wildman–Crippen MR) is 152 cm³/mol. The Morgan fingerprint density at radius 1 is 1.17 bits per heavy atom. The van der Waals surface area contributed by atoms with E-state index in [1.807, 2.05) is 10.9 Å². The van der Waals surface area contributed by atoms with Crippen molar-refractivity contribution in [1.29, 1.82) is 0 Å². The van der Waals surface area contributed by atoms with Crippen LogP contribution < -0.4 is 14.7 Å². The molecule has 0 bridgehead atoms. The molecule has 2 aromatic carbocycles. The molecule has 0 radical (unpaired) electrons. The average Bonchev–Trinajstić information content (AvgIpc) is 3.32. The second kappa shape index (κ2) is 11.6. The first kappa shape index (κ1) is 27.1. The lowest BCUT2D eigenvalue weighted by Crippen LogP contribution is -2.54. The number of methoxy groups -OCH3 is 2. The van der Waals surface area contributed by atoms with Crippen molar-refractivity contribution < 1.29 is 19.3 Å². The smallest absolute Gasteiger partial charge is 0.125 e. The Morgan fingerprint density at radius 3 is 2.58 bits per heavy atom. The fourth-order valence-corrected chi connectivity index (χ4v) is 9.48. The zero-order valence-electron chi connectivity index (χ0n) is 21.6. The van der Waals surface area contributed by atoms with Gasteiger partial charge in [-0.3, -0.25) is 4.68 Å². The maximum absolute atomic E-state index is 9.25. The fraction of sp³-hybridized carbons (Fsp3) is 0.481. The summed E-state index contributed by atoms with van der Waals surface area (Å²) in [6, 6.07) is 14.9. The van der Waals surface area contributed by atoms with E-state index in [9.17, 15) is 5.11 Å². The first-order chi connectivity index (χ1) is 17.3. The van der Waals surface area contributed by atoms with Gasteiger partial charge in [-0.2, -0.15) is 0 Å². The Kier molecular flexibility index (Phi) is 8.74. The van der Waals surface area contributed by atoms with Crippen LogP contribution in [-0.4, -0.2) is 55.1 Å². The van der Waals surface area contributed by atoms with Gasteiger partial charge >= 0.3 is 0 Å². The maximum Gasteiger partial charge on any atom is 0.125 e. The monoisotopic (exact) mass is 621 g/mol. The van der Waals surface area contributed by atoms with Gasteiger partial charge in [-0.25, -0.2) is 0 Å². The lowest BCUT2D eigenvalue weighted by molar-refractivity contribution is -0.0234. The number of aromatic nitrogens is 3. The number of halogens is 1. The van der Waals surface area contributed by atoms with Crippen molar-refractivity contribution in [3.8, 4) is 11.5 Å². The molecule has 0 amide bonds. The van der Waals surface area contributed by atoms with Crippen LogP contribution >= 0.6 is 22.6 Å². The quantitative estimate of drug-likeness (QED) is 0.264. The fourth-order valence-electron chi connectivity index (χ4n) is 5.47. The maximum atomic E-state index is 9.25.